The highest BCUT2D eigenvalue weighted by atomic mass is 19.1. The first-order chi connectivity index (χ1) is 8.29. The summed E-state index contributed by atoms with van der Waals surface area (Å²) in [6.45, 7) is 1.28. The van der Waals surface area contributed by atoms with Gasteiger partial charge in [0.2, 0.25) is 0 Å². The lowest BCUT2D eigenvalue weighted by molar-refractivity contribution is -0.0379. The summed E-state index contributed by atoms with van der Waals surface area (Å²) in [6, 6.07) is 4.42. The molecule has 0 radical (unpaired) electrons. The second kappa shape index (κ2) is 5.80. The molecule has 1 fully saturated rings. The van der Waals surface area contributed by atoms with Crippen LogP contribution < -0.4 is 4.74 Å². The van der Waals surface area contributed by atoms with Gasteiger partial charge in [0, 0.05) is 12.0 Å². The number of rotatable bonds is 4. The van der Waals surface area contributed by atoms with Gasteiger partial charge in [0.05, 0.1) is 20.3 Å². The molecule has 1 aromatic carbocycles. The SMILES string of the molecule is COc1ccc(F)cc1/C=C\CC1OCCO1. The largest absolute Gasteiger partial charge is 0.496 e. The maximum atomic E-state index is 13.1. The van der Waals surface area contributed by atoms with E-state index >= 15 is 0 Å². The molecular formula is C13H15FO3. The summed E-state index contributed by atoms with van der Waals surface area (Å²) >= 11 is 0. The van der Waals surface area contributed by atoms with Crippen LogP contribution in [0.25, 0.3) is 6.08 Å². The van der Waals surface area contributed by atoms with E-state index in [1.165, 1.54) is 12.1 Å². The first-order valence-electron chi connectivity index (χ1n) is 5.53. The molecule has 1 heterocycles. The second-order valence-corrected chi connectivity index (χ2v) is 3.70. The zero-order chi connectivity index (χ0) is 12.1. The lowest BCUT2D eigenvalue weighted by Gasteiger charge is -2.06. The monoisotopic (exact) mass is 238 g/mol. The molecule has 1 aliphatic rings. The van der Waals surface area contributed by atoms with Crippen LogP contribution in [0.4, 0.5) is 4.39 Å². The Morgan fingerprint density at radius 1 is 1.41 bits per heavy atom. The van der Waals surface area contributed by atoms with Gasteiger partial charge in [-0.3, -0.25) is 0 Å². The van der Waals surface area contributed by atoms with E-state index in [1.54, 1.807) is 13.2 Å². The normalized spacial score (nSPS) is 16.8. The molecule has 0 atom stereocenters. The summed E-state index contributed by atoms with van der Waals surface area (Å²) in [6.07, 6.45) is 4.19. The van der Waals surface area contributed by atoms with Crippen LogP contribution in [-0.2, 0) is 9.47 Å². The minimum atomic E-state index is -0.279. The van der Waals surface area contributed by atoms with Gasteiger partial charge in [-0.25, -0.2) is 4.39 Å². The summed E-state index contributed by atoms with van der Waals surface area (Å²) in [4.78, 5) is 0. The fourth-order valence-corrected chi connectivity index (χ4v) is 1.68. The molecule has 0 saturated carbocycles. The number of methoxy groups -OCH3 is 1. The van der Waals surface area contributed by atoms with Gasteiger partial charge in [0.1, 0.15) is 11.6 Å². The van der Waals surface area contributed by atoms with Gasteiger partial charge >= 0.3 is 0 Å². The Kier molecular flexibility index (Phi) is 4.12. The fourth-order valence-electron chi connectivity index (χ4n) is 1.68. The van der Waals surface area contributed by atoms with Crippen molar-refractivity contribution in [3.63, 3.8) is 0 Å². The van der Waals surface area contributed by atoms with Crippen LogP contribution in [0.5, 0.6) is 5.75 Å². The molecule has 0 unspecified atom stereocenters. The molecule has 1 aromatic rings. The van der Waals surface area contributed by atoms with Gasteiger partial charge in [0.25, 0.3) is 0 Å². The molecule has 0 aromatic heterocycles. The molecule has 0 bridgehead atoms. The molecule has 17 heavy (non-hydrogen) atoms. The molecule has 2 rings (SSSR count). The van der Waals surface area contributed by atoms with Crippen LogP contribution in [-0.4, -0.2) is 26.6 Å². The fraction of sp³-hybridized carbons (Fsp3) is 0.385. The van der Waals surface area contributed by atoms with Crippen molar-refractivity contribution in [1.82, 2.24) is 0 Å². The lowest BCUT2D eigenvalue weighted by atomic mass is 10.1. The Morgan fingerprint density at radius 3 is 2.88 bits per heavy atom. The molecule has 1 saturated heterocycles. The minimum Gasteiger partial charge on any atom is -0.496 e. The first-order valence-corrected chi connectivity index (χ1v) is 5.53. The number of ether oxygens (including phenoxy) is 3. The summed E-state index contributed by atoms with van der Waals surface area (Å²) in [5.74, 6) is 0.370. The smallest absolute Gasteiger partial charge is 0.161 e. The third kappa shape index (κ3) is 3.28. The van der Waals surface area contributed by atoms with Gasteiger partial charge in [0.15, 0.2) is 6.29 Å². The van der Waals surface area contributed by atoms with Crippen LogP contribution in [0.1, 0.15) is 12.0 Å². The Morgan fingerprint density at radius 2 is 2.18 bits per heavy atom. The topological polar surface area (TPSA) is 27.7 Å². The van der Waals surface area contributed by atoms with E-state index in [9.17, 15) is 4.39 Å². The predicted molar refractivity (Wildman–Crippen MR) is 62.3 cm³/mol. The summed E-state index contributed by atoms with van der Waals surface area (Å²) in [5, 5.41) is 0. The van der Waals surface area contributed by atoms with E-state index in [-0.39, 0.29) is 12.1 Å². The Labute approximate surface area is 99.8 Å². The highest BCUT2D eigenvalue weighted by molar-refractivity contribution is 5.57. The van der Waals surface area contributed by atoms with E-state index in [0.29, 0.717) is 30.9 Å². The maximum absolute atomic E-state index is 13.1. The number of hydrogen-bond donors (Lipinski definition) is 0. The molecule has 0 aliphatic carbocycles. The maximum Gasteiger partial charge on any atom is 0.161 e. The van der Waals surface area contributed by atoms with E-state index in [0.717, 1.165) is 0 Å². The lowest BCUT2D eigenvalue weighted by Crippen LogP contribution is -2.04. The van der Waals surface area contributed by atoms with Crippen LogP contribution in [0.2, 0.25) is 0 Å². The van der Waals surface area contributed by atoms with Crippen LogP contribution in [0, 0.1) is 5.82 Å². The average Bonchev–Trinajstić information content (AvgIpc) is 2.82. The minimum absolute atomic E-state index is 0.175. The van der Waals surface area contributed by atoms with E-state index in [1.807, 2.05) is 12.2 Å². The van der Waals surface area contributed by atoms with E-state index in [4.69, 9.17) is 14.2 Å². The van der Waals surface area contributed by atoms with Crippen molar-refractivity contribution in [1.29, 1.82) is 0 Å². The average molecular weight is 238 g/mol. The van der Waals surface area contributed by atoms with Crippen LogP contribution in [0.15, 0.2) is 24.3 Å². The summed E-state index contributed by atoms with van der Waals surface area (Å²) in [5.41, 5.74) is 0.713. The molecule has 3 nitrogen and oxygen atoms in total. The Hall–Kier alpha value is -1.39. The zero-order valence-electron chi connectivity index (χ0n) is 9.69. The molecule has 4 heteroatoms. The van der Waals surface area contributed by atoms with Crippen molar-refractivity contribution in [2.24, 2.45) is 0 Å². The van der Waals surface area contributed by atoms with Gasteiger partial charge in [-0.2, -0.15) is 0 Å². The van der Waals surface area contributed by atoms with Crippen molar-refractivity contribution in [2.75, 3.05) is 20.3 Å². The highest BCUT2D eigenvalue weighted by Crippen LogP contribution is 2.21. The van der Waals surface area contributed by atoms with Crippen LogP contribution in [0.3, 0.4) is 0 Å². The predicted octanol–water partition coefficient (Wildman–Crippen LogP) is 2.61. The van der Waals surface area contributed by atoms with Crippen molar-refractivity contribution in [2.45, 2.75) is 12.7 Å². The first kappa shape index (κ1) is 12.1. The molecule has 92 valence electrons. The van der Waals surface area contributed by atoms with Gasteiger partial charge in [-0.1, -0.05) is 12.2 Å². The van der Waals surface area contributed by atoms with Crippen LogP contribution >= 0.6 is 0 Å². The quantitative estimate of drug-likeness (QED) is 0.807. The Balaban J connectivity index is 2.00. The van der Waals surface area contributed by atoms with Gasteiger partial charge in [-0.05, 0) is 18.2 Å². The number of halogens is 1. The van der Waals surface area contributed by atoms with Gasteiger partial charge in [-0.15, -0.1) is 0 Å². The van der Waals surface area contributed by atoms with Crippen molar-refractivity contribution in [3.05, 3.63) is 35.7 Å². The summed E-state index contributed by atoms with van der Waals surface area (Å²) < 4.78 is 28.8. The number of hydrogen-bond acceptors (Lipinski definition) is 3. The van der Waals surface area contributed by atoms with Crippen molar-refractivity contribution in [3.8, 4) is 5.75 Å². The second-order valence-electron chi connectivity index (χ2n) is 3.70. The van der Waals surface area contributed by atoms with Crippen molar-refractivity contribution < 1.29 is 18.6 Å². The van der Waals surface area contributed by atoms with Gasteiger partial charge < -0.3 is 14.2 Å². The molecule has 0 amide bonds. The Bertz CT molecular complexity index is 398. The molecular weight excluding hydrogens is 223 g/mol. The third-order valence-corrected chi connectivity index (χ3v) is 2.51. The molecule has 0 N–H and O–H groups in total. The number of benzene rings is 1. The highest BCUT2D eigenvalue weighted by Gasteiger charge is 2.13. The third-order valence-electron chi connectivity index (χ3n) is 2.51. The van der Waals surface area contributed by atoms with E-state index < -0.39 is 0 Å². The molecule has 1 aliphatic heterocycles. The van der Waals surface area contributed by atoms with Crippen molar-refractivity contribution >= 4 is 6.08 Å². The zero-order valence-corrected chi connectivity index (χ0v) is 9.69. The molecule has 0 spiro atoms. The van der Waals surface area contributed by atoms with E-state index in [2.05, 4.69) is 0 Å². The summed E-state index contributed by atoms with van der Waals surface area (Å²) in [7, 11) is 1.56. The standard InChI is InChI=1S/C13H15FO3/c1-15-12-6-5-11(14)9-10(12)3-2-4-13-16-7-8-17-13/h2-3,5-6,9,13H,4,7-8H2,1H3/b3-2-.